The molecule has 0 saturated carbocycles. The molecule has 0 bridgehead atoms. The van der Waals surface area contributed by atoms with Crippen LogP contribution in [0.25, 0.3) is 0 Å². The van der Waals surface area contributed by atoms with E-state index in [2.05, 4.69) is 5.32 Å². The fourth-order valence-corrected chi connectivity index (χ4v) is 1.07. The molecule has 0 aliphatic rings. The predicted molar refractivity (Wildman–Crippen MR) is 64.7 cm³/mol. The number of hydrogen-bond donors (Lipinski definition) is 1. The van der Waals surface area contributed by atoms with Gasteiger partial charge in [0.15, 0.2) is 6.10 Å². The van der Waals surface area contributed by atoms with Crippen LogP contribution in [0.1, 0.15) is 40.5 Å². The summed E-state index contributed by atoms with van der Waals surface area (Å²) in [7, 11) is 0. The fraction of sp³-hybridized carbons (Fsp3) is 0.750. The van der Waals surface area contributed by atoms with E-state index in [9.17, 15) is 14.4 Å². The molecule has 0 heterocycles. The van der Waals surface area contributed by atoms with Crippen molar-refractivity contribution in [2.24, 2.45) is 0 Å². The molecule has 0 rings (SSSR count). The molecule has 0 aromatic rings. The SMILES string of the molecule is CCC(=O)O[C@@H](C)C(=O)NC[C@H](C)OC(=O)CC. The molecule has 104 valence electrons. The maximum Gasteiger partial charge on any atom is 0.306 e. The summed E-state index contributed by atoms with van der Waals surface area (Å²) in [5.41, 5.74) is 0. The standard InChI is InChI=1S/C12H21NO5/c1-5-10(14)17-8(3)7-13-12(16)9(4)18-11(15)6-2/h8-9H,5-7H2,1-4H3,(H,13,16)/t8-,9-/m0/s1. The number of hydrogen-bond acceptors (Lipinski definition) is 5. The number of ether oxygens (including phenoxy) is 2. The van der Waals surface area contributed by atoms with Crippen molar-refractivity contribution >= 4 is 17.8 Å². The van der Waals surface area contributed by atoms with Crippen molar-refractivity contribution in [3.8, 4) is 0 Å². The van der Waals surface area contributed by atoms with Crippen molar-refractivity contribution in [2.75, 3.05) is 6.54 Å². The van der Waals surface area contributed by atoms with Gasteiger partial charge in [0.25, 0.3) is 5.91 Å². The van der Waals surface area contributed by atoms with E-state index in [1.807, 2.05) is 0 Å². The summed E-state index contributed by atoms with van der Waals surface area (Å²) in [4.78, 5) is 33.5. The second-order valence-corrected chi connectivity index (χ2v) is 3.88. The van der Waals surface area contributed by atoms with Crippen LogP contribution in [0.3, 0.4) is 0 Å². The van der Waals surface area contributed by atoms with Crippen LogP contribution in [0.4, 0.5) is 0 Å². The van der Waals surface area contributed by atoms with E-state index >= 15 is 0 Å². The minimum Gasteiger partial charge on any atom is -0.461 e. The van der Waals surface area contributed by atoms with Gasteiger partial charge in [0.05, 0.1) is 6.54 Å². The fourth-order valence-electron chi connectivity index (χ4n) is 1.07. The molecule has 0 aliphatic carbocycles. The van der Waals surface area contributed by atoms with Crippen molar-refractivity contribution in [3.05, 3.63) is 0 Å². The molecule has 0 aromatic heterocycles. The minimum atomic E-state index is -0.841. The molecular formula is C12H21NO5. The number of esters is 2. The van der Waals surface area contributed by atoms with E-state index in [-0.39, 0.29) is 18.9 Å². The molecule has 0 saturated heterocycles. The molecule has 6 nitrogen and oxygen atoms in total. The summed E-state index contributed by atoms with van der Waals surface area (Å²) in [5, 5.41) is 2.55. The van der Waals surface area contributed by atoms with Gasteiger partial charge in [-0.2, -0.15) is 0 Å². The van der Waals surface area contributed by atoms with E-state index < -0.39 is 24.1 Å². The van der Waals surface area contributed by atoms with Gasteiger partial charge in [-0.15, -0.1) is 0 Å². The lowest BCUT2D eigenvalue weighted by Crippen LogP contribution is -2.40. The number of rotatable bonds is 7. The van der Waals surface area contributed by atoms with Crippen molar-refractivity contribution in [2.45, 2.75) is 52.7 Å². The van der Waals surface area contributed by atoms with Gasteiger partial charge in [-0.05, 0) is 13.8 Å². The van der Waals surface area contributed by atoms with Crippen LogP contribution in [-0.4, -0.2) is 36.6 Å². The van der Waals surface area contributed by atoms with Gasteiger partial charge >= 0.3 is 11.9 Å². The Morgan fingerprint density at radius 1 is 1.00 bits per heavy atom. The quantitative estimate of drug-likeness (QED) is 0.683. The summed E-state index contributed by atoms with van der Waals surface area (Å²) in [5.74, 6) is -1.15. The molecule has 0 unspecified atom stereocenters. The first-order valence-corrected chi connectivity index (χ1v) is 6.07. The van der Waals surface area contributed by atoms with Gasteiger partial charge in [0.1, 0.15) is 6.10 Å². The molecule has 1 amide bonds. The van der Waals surface area contributed by atoms with E-state index in [4.69, 9.17) is 9.47 Å². The van der Waals surface area contributed by atoms with E-state index in [0.717, 1.165) is 0 Å². The average Bonchev–Trinajstić information content (AvgIpc) is 2.35. The predicted octanol–water partition coefficient (Wildman–Crippen LogP) is 0.786. The van der Waals surface area contributed by atoms with E-state index in [1.165, 1.54) is 6.92 Å². The zero-order chi connectivity index (χ0) is 14.1. The largest absolute Gasteiger partial charge is 0.461 e. The molecule has 0 radical (unpaired) electrons. The molecule has 1 N–H and O–H groups in total. The van der Waals surface area contributed by atoms with E-state index in [1.54, 1.807) is 20.8 Å². The summed E-state index contributed by atoms with van der Waals surface area (Å²) in [6.45, 7) is 6.71. The van der Waals surface area contributed by atoms with Crippen molar-refractivity contribution < 1.29 is 23.9 Å². The third-order valence-electron chi connectivity index (χ3n) is 2.15. The van der Waals surface area contributed by atoms with Crippen molar-refractivity contribution in [1.82, 2.24) is 5.32 Å². The second-order valence-electron chi connectivity index (χ2n) is 3.88. The molecule has 0 spiro atoms. The minimum absolute atomic E-state index is 0.193. The van der Waals surface area contributed by atoms with Gasteiger partial charge < -0.3 is 14.8 Å². The van der Waals surface area contributed by atoms with Gasteiger partial charge in [-0.3, -0.25) is 14.4 Å². The zero-order valence-corrected chi connectivity index (χ0v) is 11.3. The summed E-state index contributed by atoms with van der Waals surface area (Å²) in [6, 6.07) is 0. The first kappa shape index (κ1) is 16.4. The first-order chi connectivity index (χ1) is 8.40. The van der Waals surface area contributed by atoms with Crippen LogP contribution in [-0.2, 0) is 23.9 Å². The van der Waals surface area contributed by atoms with Crippen LogP contribution in [0, 0.1) is 0 Å². The summed E-state index contributed by atoms with van der Waals surface area (Å²) >= 11 is 0. The topological polar surface area (TPSA) is 81.7 Å². The van der Waals surface area contributed by atoms with Crippen molar-refractivity contribution in [3.63, 3.8) is 0 Å². The molecule has 0 aromatic carbocycles. The normalized spacial score (nSPS) is 13.3. The maximum atomic E-state index is 11.5. The Bertz CT molecular complexity index is 303. The Morgan fingerprint density at radius 3 is 2.00 bits per heavy atom. The number of carbonyl (C=O) groups is 3. The highest BCUT2D eigenvalue weighted by Gasteiger charge is 2.17. The highest BCUT2D eigenvalue weighted by molar-refractivity contribution is 5.83. The summed E-state index contributed by atoms with van der Waals surface area (Å²) < 4.78 is 9.81. The Balaban J connectivity index is 3.94. The Labute approximate surface area is 107 Å². The third-order valence-corrected chi connectivity index (χ3v) is 2.15. The maximum absolute atomic E-state index is 11.5. The number of nitrogens with one attached hydrogen (secondary N) is 1. The summed E-state index contributed by atoms with van der Waals surface area (Å²) in [6.07, 6.45) is -0.729. The molecule has 18 heavy (non-hydrogen) atoms. The molecule has 0 aliphatic heterocycles. The van der Waals surface area contributed by atoms with Crippen LogP contribution in [0.15, 0.2) is 0 Å². The average molecular weight is 259 g/mol. The van der Waals surface area contributed by atoms with Crippen molar-refractivity contribution in [1.29, 1.82) is 0 Å². The Kier molecular flexibility index (Phi) is 7.74. The van der Waals surface area contributed by atoms with Gasteiger partial charge in [-0.1, -0.05) is 13.8 Å². The van der Waals surface area contributed by atoms with Crippen LogP contribution >= 0.6 is 0 Å². The lowest BCUT2D eigenvalue weighted by atomic mass is 10.3. The van der Waals surface area contributed by atoms with Gasteiger partial charge in [0, 0.05) is 12.8 Å². The highest BCUT2D eigenvalue weighted by Crippen LogP contribution is 1.96. The lowest BCUT2D eigenvalue weighted by Gasteiger charge is -2.16. The van der Waals surface area contributed by atoms with Crippen LogP contribution < -0.4 is 5.32 Å². The van der Waals surface area contributed by atoms with Gasteiger partial charge in [-0.25, -0.2) is 0 Å². The first-order valence-electron chi connectivity index (χ1n) is 6.07. The smallest absolute Gasteiger partial charge is 0.306 e. The molecular weight excluding hydrogens is 238 g/mol. The third kappa shape index (κ3) is 6.88. The highest BCUT2D eigenvalue weighted by atomic mass is 16.6. The zero-order valence-electron chi connectivity index (χ0n) is 11.3. The second kappa shape index (κ2) is 8.49. The number of carbonyl (C=O) groups excluding carboxylic acids is 3. The monoisotopic (exact) mass is 259 g/mol. The lowest BCUT2D eigenvalue weighted by molar-refractivity contribution is -0.155. The van der Waals surface area contributed by atoms with Crippen LogP contribution in [0.5, 0.6) is 0 Å². The number of amides is 1. The van der Waals surface area contributed by atoms with Crippen LogP contribution in [0.2, 0.25) is 0 Å². The molecule has 6 heteroatoms. The van der Waals surface area contributed by atoms with E-state index in [0.29, 0.717) is 6.42 Å². The van der Waals surface area contributed by atoms with Gasteiger partial charge in [0.2, 0.25) is 0 Å². The Hall–Kier alpha value is -1.59. The molecule has 0 fully saturated rings. The molecule has 2 atom stereocenters. The Morgan fingerprint density at radius 2 is 1.50 bits per heavy atom.